The van der Waals surface area contributed by atoms with E-state index in [0.29, 0.717) is 29.6 Å². The van der Waals surface area contributed by atoms with Crippen LogP contribution in [0.4, 0.5) is 0 Å². The average Bonchev–Trinajstić information content (AvgIpc) is 2.95. The number of hydrogen-bond acceptors (Lipinski definition) is 5. The minimum atomic E-state index is -0.462. The molecule has 1 unspecified atom stereocenters. The molecule has 1 N–H and O–H groups in total. The van der Waals surface area contributed by atoms with E-state index in [1.54, 1.807) is 0 Å². The Morgan fingerprint density at radius 2 is 2.21 bits per heavy atom. The van der Waals surface area contributed by atoms with Gasteiger partial charge in [-0.15, -0.1) is 0 Å². The summed E-state index contributed by atoms with van der Waals surface area (Å²) in [5.74, 6) is 1.44. The van der Waals surface area contributed by atoms with Gasteiger partial charge in [0.25, 0.3) is 0 Å². The Balaban J connectivity index is 1.81. The summed E-state index contributed by atoms with van der Waals surface area (Å²) in [6, 6.07) is 7.41. The highest BCUT2D eigenvalue weighted by Gasteiger charge is 2.25. The molecule has 2 aromatic rings. The number of carbonyl (C=O) groups is 1. The number of para-hydroxylation sites is 2. The molecule has 0 fully saturated rings. The number of aromatic amines is 1. The van der Waals surface area contributed by atoms with Gasteiger partial charge in [0.15, 0.2) is 23.4 Å². The van der Waals surface area contributed by atoms with Gasteiger partial charge in [0, 0.05) is 0 Å². The molecule has 3 rings (SSSR count). The minimum absolute atomic E-state index is 0.292. The van der Waals surface area contributed by atoms with Crippen molar-refractivity contribution < 1.29 is 19.0 Å². The van der Waals surface area contributed by atoms with Crippen LogP contribution in [0.1, 0.15) is 22.4 Å². The summed E-state index contributed by atoms with van der Waals surface area (Å²) in [7, 11) is 1.32. The fraction of sp³-hybridized carbons (Fsp3) is 0.231. The number of imidazole rings is 1. The number of ether oxygens (including phenoxy) is 3. The van der Waals surface area contributed by atoms with Crippen LogP contribution in [0.2, 0.25) is 0 Å². The van der Waals surface area contributed by atoms with Crippen LogP contribution in [0.15, 0.2) is 30.5 Å². The molecule has 0 saturated heterocycles. The number of esters is 1. The molecule has 98 valence electrons. The van der Waals surface area contributed by atoms with Crippen LogP contribution >= 0.6 is 0 Å². The second kappa shape index (κ2) is 4.64. The maximum atomic E-state index is 11.3. The SMILES string of the molecule is COC(=O)c1cnc(C2COc3ccccc3O2)[nH]1. The van der Waals surface area contributed by atoms with Gasteiger partial charge in [0.1, 0.15) is 12.3 Å². The first-order chi connectivity index (χ1) is 9.28. The van der Waals surface area contributed by atoms with Gasteiger partial charge < -0.3 is 19.2 Å². The predicted octanol–water partition coefficient (Wildman–Crippen LogP) is 1.71. The summed E-state index contributed by atoms with van der Waals surface area (Å²) in [5.41, 5.74) is 0.292. The van der Waals surface area contributed by atoms with Crippen LogP contribution in [0.3, 0.4) is 0 Å². The molecule has 0 aliphatic carbocycles. The molecule has 1 aromatic carbocycles. The fourth-order valence-electron chi connectivity index (χ4n) is 1.87. The first-order valence-corrected chi connectivity index (χ1v) is 5.79. The average molecular weight is 260 g/mol. The first-order valence-electron chi connectivity index (χ1n) is 5.79. The highest BCUT2D eigenvalue weighted by atomic mass is 16.6. The number of nitrogens with one attached hydrogen (secondary N) is 1. The van der Waals surface area contributed by atoms with E-state index in [1.165, 1.54) is 13.3 Å². The molecule has 0 saturated carbocycles. The van der Waals surface area contributed by atoms with E-state index in [0.717, 1.165) is 0 Å². The molecule has 0 spiro atoms. The van der Waals surface area contributed by atoms with Crippen molar-refractivity contribution in [1.29, 1.82) is 0 Å². The molecular formula is C13H12N2O4. The van der Waals surface area contributed by atoms with E-state index in [1.807, 2.05) is 24.3 Å². The lowest BCUT2D eigenvalue weighted by Gasteiger charge is -2.24. The number of hydrogen-bond donors (Lipinski definition) is 1. The number of aromatic nitrogens is 2. The zero-order valence-electron chi connectivity index (χ0n) is 10.3. The van der Waals surface area contributed by atoms with Crippen LogP contribution in [0.5, 0.6) is 11.5 Å². The molecule has 1 aliphatic rings. The Bertz CT molecular complexity index is 608. The van der Waals surface area contributed by atoms with Gasteiger partial charge >= 0.3 is 5.97 Å². The normalized spacial score (nSPS) is 17.0. The molecule has 6 nitrogen and oxygen atoms in total. The summed E-state index contributed by atoms with van der Waals surface area (Å²) in [6.45, 7) is 0.338. The topological polar surface area (TPSA) is 73.4 Å². The highest BCUT2D eigenvalue weighted by molar-refractivity contribution is 5.86. The lowest BCUT2D eigenvalue weighted by molar-refractivity contribution is 0.0592. The molecule has 0 bridgehead atoms. The van der Waals surface area contributed by atoms with E-state index in [9.17, 15) is 4.79 Å². The Kier molecular flexibility index (Phi) is 2.83. The zero-order chi connectivity index (χ0) is 13.2. The van der Waals surface area contributed by atoms with Crippen LogP contribution in [0.25, 0.3) is 0 Å². The van der Waals surface area contributed by atoms with Gasteiger partial charge in [-0.2, -0.15) is 0 Å². The van der Waals surface area contributed by atoms with Gasteiger partial charge in [0.05, 0.1) is 13.3 Å². The minimum Gasteiger partial charge on any atom is -0.485 e. The summed E-state index contributed by atoms with van der Waals surface area (Å²) in [4.78, 5) is 18.3. The molecule has 2 heterocycles. The smallest absolute Gasteiger partial charge is 0.356 e. The van der Waals surface area contributed by atoms with Gasteiger partial charge in [0.2, 0.25) is 0 Å². The van der Waals surface area contributed by atoms with Crippen molar-refractivity contribution in [3.05, 3.63) is 42.0 Å². The lowest BCUT2D eigenvalue weighted by Crippen LogP contribution is -2.22. The third kappa shape index (κ3) is 2.12. The number of benzene rings is 1. The zero-order valence-corrected chi connectivity index (χ0v) is 10.3. The predicted molar refractivity (Wildman–Crippen MR) is 65.2 cm³/mol. The third-order valence-electron chi connectivity index (χ3n) is 2.81. The lowest BCUT2D eigenvalue weighted by atomic mass is 10.2. The summed E-state index contributed by atoms with van der Waals surface area (Å²) in [6.07, 6.45) is 1.05. The molecule has 0 radical (unpaired) electrons. The molecular weight excluding hydrogens is 248 g/mol. The second-order valence-corrected chi connectivity index (χ2v) is 4.04. The van der Waals surface area contributed by atoms with Crippen LogP contribution in [-0.2, 0) is 4.74 Å². The highest BCUT2D eigenvalue weighted by Crippen LogP contribution is 2.34. The standard InChI is InChI=1S/C13H12N2O4/c1-17-13(16)8-6-14-12(15-8)11-7-18-9-4-2-3-5-10(9)19-11/h2-6,11H,7H2,1H3,(H,14,15). The van der Waals surface area contributed by atoms with Crippen LogP contribution in [-0.4, -0.2) is 29.7 Å². The van der Waals surface area contributed by atoms with Gasteiger partial charge in [-0.3, -0.25) is 0 Å². The second-order valence-electron chi connectivity index (χ2n) is 4.04. The Labute approximate surface area is 109 Å². The number of fused-ring (bicyclic) bond motifs is 1. The Morgan fingerprint density at radius 1 is 1.42 bits per heavy atom. The van der Waals surface area contributed by atoms with E-state index < -0.39 is 5.97 Å². The third-order valence-corrected chi connectivity index (χ3v) is 2.81. The van der Waals surface area contributed by atoms with Gasteiger partial charge in [-0.25, -0.2) is 9.78 Å². The van der Waals surface area contributed by atoms with Gasteiger partial charge in [-0.05, 0) is 12.1 Å². The monoisotopic (exact) mass is 260 g/mol. The van der Waals surface area contributed by atoms with Crippen molar-refractivity contribution in [3.63, 3.8) is 0 Å². The number of nitrogens with zero attached hydrogens (tertiary/aromatic N) is 1. The summed E-state index contributed by atoms with van der Waals surface area (Å²) >= 11 is 0. The van der Waals surface area contributed by atoms with Crippen molar-refractivity contribution in [2.75, 3.05) is 13.7 Å². The summed E-state index contributed by atoms with van der Waals surface area (Å²) in [5, 5.41) is 0. The number of rotatable bonds is 2. The van der Waals surface area contributed by atoms with Crippen LogP contribution < -0.4 is 9.47 Å². The number of H-pyrrole nitrogens is 1. The van der Waals surface area contributed by atoms with Crippen molar-refractivity contribution in [2.24, 2.45) is 0 Å². The maximum Gasteiger partial charge on any atom is 0.356 e. The Morgan fingerprint density at radius 3 is 3.00 bits per heavy atom. The summed E-state index contributed by atoms with van der Waals surface area (Å²) < 4.78 is 16.0. The molecule has 1 aliphatic heterocycles. The van der Waals surface area contributed by atoms with E-state index >= 15 is 0 Å². The first kappa shape index (κ1) is 11.6. The van der Waals surface area contributed by atoms with E-state index in [-0.39, 0.29) is 6.10 Å². The Hall–Kier alpha value is -2.50. The largest absolute Gasteiger partial charge is 0.485 e. The van der Waals surface area contributed by atoms with E-state index in [4.69, 9.17) is 9.47 Å². The van der Waals surface area contributed by atoms with Crippen LogP contribution in [0, 0.1) is 0 Å². The molecule has 6 heteroatoms. The number of methoxy groups -OCH3 is 1. The van der Waals surface area contributed by atoms with Crippen molar-refractivity contribution in [2.45, 2.75) is 6.10 Å². The molecule has 1 aromatic heterocycles. The fourth-order valence-corrected chi connectivity index (χ4v) is 1.87. The quantitative estimate of drug-likeness (QED) is 0.832. The van der Waals surface area contributed by atoms with Crippen molar-refractivity contribution in [3.8, 4) is 11.5 Å². The van der Waals surface area contributed by atoms with Crippen molar-refractivity contribution >= 4 is 5.97 Å². The van der Waals surface area contributed by atoms with Crippen molar-refractivity contribution in [1.82, 2.24) is 9.97 Å². The maximum absolute atomic E-state index is 11.3. The van der Waals surface area contributed by atoms with E-state index in [2.05, 4.69) is 14.7 Å². The molecule has 19 heavy (non-hydrogen) atoms. The number of carbonyl (C=O) groups excluding carboxylic acids is 1. The molecule has 0 amide bonds. The molecule has 1 atom stereocenters. The van der Waals surface area contributed by atoms with Gasteiger partial charge in [-0.1, -0.05) is 12.1 Å².